The van der Waals surface area contributed by atoms with E-state index in [4.69, 9.17) is 5.73 Å². The molecule has 0 bridgehead atoms. The Labute approximate surface area is 57.9 Å². The Morgan fingerprint density at radius 2 is 2.60 bits per heavy atom. The SMILES string of the molecule is Cn1cnc(C(=O)CN)n1. The van der Waals surface area contributed by atoms with E-state index in [1.165, 1.54) is 11.0 Å². The van der Waals surface area contributed by atoms with Crippen LogP contribution in [-0.2, 0) is 7.05 Å². The van der Waals surface area contributed by atoms with Gasteiger partial charge >= 0.3 is 0 Å². The first kappa shape index (κ1) is 6.88. The standard InChI is InChI=1S/C5H8N4O/c1-9-3-7-5(8-9)4(10)2-6/h3H,2,6H2,1H3. The van der Waals surface area contributed by atoms with Gasteiger partial charge in [-0.2, -0.15) is 0 Å². The Kier molecular flexibility index (Phi) is 1.77. The number of rotatable bonds is 2. The monoisotopic (exact) mass is 140 g/mol. The number of aromatic nitrogens is 3. The molecule has 0 radical (unpaired) electrons. The fraction of sp³-hybridized carbons (Fsp3) is 0.400. The number of ketones is 1. The van der Waals surface area contributed by atoms with Gasteiger partial charge in [-0.1, -0.05) is 0 Å². The molecule has 0 unspecified atom stereocenters. The minimum atomic E-state index is -0.236. The lowest BCUT2D eigenvalue weighted by Crippen LogP contribution is -2.15. The molecule has 0 atom stereocenters. The largest absolute Gasteiger partial charge is 0.324 e. The summed E-state index contributed by atoms with van der Waals surface area (Å²) in [7, 11) is 1.69. The van der Waals surface area contributed by atoms with E-state index in [0.29, 0.717) is 0 Å². The molecular formula is C5H8N4O. The summed E-state index contributed by atoms with van der Waals surface area (Å²) in [5.74, 6) is -0.0504. The summed E-state index contributed by atoms with van der Waals surface area (Å²) in [6.45, 7) is -0.0377. The number of nitrogens with zero attached hydrogens (tertiary/aromatic N) is 3. The normalized spacial score (nSPS) is 9.80. The number of carbonyl (C=O) groups excluding carboxylic acids is 1. The second kappa shape index (κ2) is 2.57. The molecule has 2 N–H and O–H groups in total. The molecule has 10 heavy (non-hydrogen) atoms. The second-order valence-corrected chi connectivity index (χ2v) is 1.87. The predicted molar refractivity (Wildman–Crippen MR) is 34.4 cm³/mol. The van der Waals surface area contributed by atoms with Gasteiger partial charge in [0.05, 0.1) is 6.54 Å². The van der Waals surface area contributed by atoms with Crippen molar-refractivity contribution >= 4 is 5.78 Å². The first-order valence-corrected chi connectivity index (χ1v) is 2.83. The van der Waals surface area contributed by atoms with Gasteiger partial charge in [-0.05, 0) is 0 Å². The van der Waals surface area contributed by atoms with Crippen LogP contribution in [0.2, 0.25) is 0 Å². The minimum absolute atomic E-state index is 0.0377. The van der Waals surface area contributed by atoms with E-state index in [1.807, 2.05) is 0 Å². The quantitative estimate of drug-likeness (QED) is 0.532. The maximum atomic E-state index is 10.8. The molecule has 0 aliphatic carbocycles. The molecule has 5 nitrogen and oxygen atoms in total. The molecule has 0 fully saturated rings. The van der Waals surface area contributed by atoms with Crippen LogP contribution in [0.5, 0.6) is 0 Å². The highest BCUT2D eigenvalue weighted by atomic mass is 16.1. The van der Waals surface area contributed by atoms with Gasteiger partial charge in [0.25, 0.3) is 0 Å². The molecule has 54 valence electrons. The Bertz CT molecular complexity index is 242. The molecule has 0 aliphatic heterocycles. The molecule has 1 aromatic rings. The van der Waals surface area contributed by atoms with Crippen LogP contribution in [0.1, 0.15) is 10.6 Å². The van der Waals surface area contributed by atoms with E-state index in [-0.39, 0.29) is 18.2 Å². The number of nitrogens with two attached hydrogens (primary N) is 1. The summed E-state index contributed by atoms with van der Waals surface area (Å²) in [6, 6.07) is 0. The van der Waals surface area contributed by atoms with Crippen molar-refractivity contribution < 1.29 is 4.79 Å². The Morgan fingerprint density at radius 3 is 3.00 bits per heavy atom. The van der Waals surface area contributed by atoms with E-state index in [2.05, 4.69) is 10.1 Å². The van der Waals surface area contributed by atoms with Crippen molar-refractivity contribution in [3.8, 4) is 0 Å². The maximum absolute atomic E-state index is 10.8. The summed E-state index contributed by atoms with van der Waals surface area (Å²) in [5, 5.41) is 3.76. The molecule has 0 amide bonds. The Hall–Kier alpha value is -1.23. The molecule has 1 rings (SSSR count). The van der Waals surface area contributed by atoms with Crippen LogP contribution in [0.3, 0.4) is 0 Å². The topological polar surface area (TPSA) is 73.8 Å². The third kappa shape index (κ3) is 1.19. The van der Waals surface area contributed by atoms with Gasteiger partial charge < -0.3 is 5.73 Å². The first-order valence-electron chi connectivity index (χ1n) is 2.83. The van der Waals surface area contributed by atoms with Crippen LogP contribution >= 0.6 is 0 Å². The highest BCUT2D eigenvalue weighted by Crippen LogP contribution is 1.87. The average molecular weight is 140 g/mol. The first-order chi connectivity index (χ1) is 4.74. The van der Waals surface area contributed by atoms with Crippen LogP contribution in [0.4, 0.5) is 0 Å². The molecule has 0 aromatic carbocycles. The van der Waals surface area contributed by atoms with Crippen molar-refractivity contribution in [1.82, 2.24) is 14.8 Å². The van der Waals surface area contributed by atoms with Gasteiger partial charge in [0.2, 0.25) is 11.6 Å². The molecule has 1 heterocycles. The van der Waals surface area contributed by atoms with E-state index in [0.717, 1.165) is 0 Å². The lowest BCUT2D eigenvalue weighted by Gasteiger charge is -1.85. The highest BCUT2D eigenvalue weighted by molar-refractivity contribution is 5.93. The molecule has 1 aromatic heterocycles. The fourth-order valence-electron chi connectivity index (χ4n) is 0.558. The number of Topliss-reactive ketones (excluding diaryl/α,β-unsaturated/α-hetero) is 1. The van der Waals surface area contributed by atoms with Crippen molar-refractivity contribution in [3.63, 3.8) is 0 Å². The molecular weight excluding hydrogens is 132 g/mol. The number of aryl methyl sites for hydroxylation is 1. The van der Waals surface area contributed by atoms with Gasteiger partial charge in [-0.25, -0.2) is 4.98 Å². The van der Waals surface area contributed by atoms with Crippen LogP contribution in [0, 0.1) is 0 Å². The van der Waals surface area contributed by atoms with Crippen molar-refractivity contribution in [1.29, 1.82) is 0 Å². The average Bonchev–Trinajstić information content (AvgIpc) is 2.34. The van der Waals surface area contributed by atoms with Crippen molar-refractivity contribution in [3.05, 3.63) is 12.2 Å². The third-order valence-corrected chi connectivity index (χ3v) is 1.03. The van der Waals surface area contributed by atoms with Gasteiger partial charge in [0.15, 0.2) is 0 Å². The fourth-order valence-corrected chi connectivity index (χ4v) is 0.558. The van der Waals surface area contributed by atoms with Gasteiger partial charge in [0, 0.05) is 7.05 Å². The number of hydrogen-bond donors (Lipinski definition) is 1. The van der Waals surface area contributed by atoms with Crippen LogP contribution in [-0.4, -0.2) is 27.1 Å². The molecule has 0 aliphatic rings. The summed E-state index contributed by atoms with van der Waals surface area (Å²) in [5.41, 5.74) is 5.07. The zero-order valence-corrected chi connectivity index (χ0v) is 5.61. The van der Waals surface area contributed by atoms with E-state index in [1.54, 1.807) is 7.05 Å². The lowest BCUT2D eigenvalue weighted by molar-refractivity contribution is 0.0991. The molecule has 0 saturated carbocycles. The van der Waals surface area contributed by atoms with Gasteiger partial charge in [-0.15, -0.1) is 5.10 Å². The van der Waals surface area contributed by atoms with E-state index in [9.17, 15) is 4.79 Å². The minimum Gasteiger partial charge on any atom is -0.324 e. The zero-order valence-electron chi connectivity index (χ0n) is 5.61. The Balaban J connectivity index is 2.85. The van der Waals surface area contributed by atoms with Crippen molar-refractivity contribution in [2.75, 3.05) is 6.54 Å². The Morgan fingerprint density at radius 1 is 1.90 bits per heavy atom. The summed E-state index contributed by atoms with van der Waals surface area (Å²) >= 11 is 0. The molecule has 5 heteroatoms. The summed E-state index contributed by atoms with van der Waals surface area (Å²) < 4.78 is 1.46. The van der Waals surface area contributed by atoms with Crippen molar-refractivity contribution in [2.24, 2.45) is 12.8 Å². The van der Waals surface area contributed by atoms with E-state index >= 15 is 0 Å². The predicted octanol–water partition coefficient (Wildman–Crippen LogP) is -1.04. The number of hydrogen-bond acceptors (Lipinski definition) is 4. The van der Waals surface area contributed by atoms with Crippen LogP contribution in [0.15, 0.2) is 6.33 Å². The van der Waals surface area contributed by atoms with Crippen LogP contribution in [0.25, 0.3) is 0 Å². The summed E-state index contributed by atoms with van der Waals surface area (Å²) in [6.07, 6.45) is 1.46. The van der Waals surface area contributed by atoms with Gasteiger partial charge in [-0.3, -0.25) is 9.48 Å². The zero-order chi connectivity index (χ0) is 7.56. The molecule has 0 saturated heterocycles. The summed E-state index contributed by atoms with van der Waals surface area (Å²) in [4.78, 5) is 14.5. The second-order valence-electron chi connectivity index (χ2n) is 1.87. The maximum Gasteiger partial charge on any atom is 0.218 e. The van der Waals surface area contributed by atoms with E-state index < -0.39 is 0 Å². The van der Waals surface area contributed by atoms with Crippen molar-refractivity contribution in [2.45, 2.75) is 0 Å². The third-order valence-electron chi connectivity index (χ3n) is 1.03. The molecule has 0 spiro atoms. The smallest absolute Gasteiger partial charge is 0.218 e. The highest BCUT2D eigenvalue weighted by Gasteiger charge is 2.06. The van der Waals surface area contributed by atoms with Gasteiger partial charge in [0.1, 0.15) is 6.33 Å². The van der Waals surface area contributed by atoms with Crippen LogP contribution < -0.4 is 5.73 Å². The number of carbonyl (C=O) groups is 1. The lowest BCUT2D eigenvalue weighted by atomic mass is 10.4.